The molecule has 1 unspecified atom stereocenters. The van der Waals surface area contributed by atoms with Crippen molar-refractivity contribution in [3.05, 3.63) is 84.7 Å². The minimum absolute atomic E-state index is 0.114. The van der Waals surface area contributed by atoms with Crippen LogP contribution in [-0.2, 0) is 0 Å². The van der Waals surface area contributed by atoms with E-state index in [4.69, 9.17) is 9.47 Å². The Morgan fingerprint density at radius 2 is 1.51 bits per heavy atom. The van der Waals surface area contributed by atoms with Gasteiger partial charge in [0.2, 0.25) is 0 Å². The van der Waals surface area contributed by atoms with Crippen molar-refractivity contribution in [2.45, 2.75) is 17.3 Å². The highest BCUT2D eigenvalue weighted by Gasteiger charge is 2.24. The van der Waals surface area contributed by atoms with E-state index in [0.29, 0.717) is 22.6 Å². The van der Waals surface area contributed by atoms with Gasteiger partial charge in [0.1, 0.15) is 11.5 Å². The van der Waals surface area contributed by atoms with Gasteiger partial charge in [-0.1, -0.05) is 42.1 Å². The lowest BCUT2D eigenvalue weighted by atomic mass is 10.2. The van der Waals surface area contributed by atoms with Crippen LogP contribution in [0.25, 0.3) is 22.8 Å². The van der Waals surface area contributed by atoms with Crippen LogP contribution in [0.1, 0.15) is 18.0 Å². The number of benzene rings is 3. The minimum Gasteiger partial charge on any atom is -0.497 e. The quantitative estimate of drug-likeness (QED) is 0.290. The van der Waals surface area contributed by atoms with E-state index in [0.717, 1.165) is 22.7 Å². The molecule has 0 saturated carbocycles. The normalized spacial score (nSPS) is 11.9. The Labute approximate surface area is 206 Å². The second-order valence-corrected chi connectivity index (χ2v) is 8.89. The Morgan fingerprint density at radius 1 is 0.771 bits per heavy atom. The molecule has 10 heteroatoms. The fourth-order valence-corrected chi connectivity index (χ4v) is 4.68. The third kappa shape index (κ3) is 4.47. The Balaban J connectivity index is 1.57. The van der Waals surface area contributed by atoms with Crippen molar-refractivity contribution in [1.82, 2.24) is 35.0 Å². The highest BCUT2D eigenvalue weighted by molar-refractivity contribution is 7.99. The molecule has 0 N–H and O–H groups in total. The smallest absolute Gasteiger partial charge is 0.196 e. The molecule has 0 bridgehead atoms. The Bertz CT molecular complexity index is 1420. The largest absolute Gasteiger partial charge is 0.497 e. The first-order valence-corrected chi connectivity index (χ1v) is 11.8. The van der Waals surface area contributed by atoms with E-state index in [1.165, 1.54) is 11.8 Å². The van der Waals surface area contributed by atoms with Gasteiger partial charge < -0.3 is 9.47 Å². The van der Waals surface area contributed by atoms with Crippen LogP contribution in [0.3, 0.4) is 0 Å². The molecule has 5 aromatic rings. The molecule has 3 aromatic carbocycles. The molecular formula is C25H23N7O2S. The molecule has 1 atom stereocenters. The number of nitrogens with zero attached hydrogens (tertiary/aromatic N) is 7. The number of para-hydroxylation sites is 2. The Hall–Kier alpha value is -4.18. The molecule has 0 spiro atoms. The number of hydrogen-bond acceptors (Lipinski definition) is 8. The van der Waals surface area contributed by atoms with Crippen LogP contribution in [0.4, 0.5) is 0 Å². The molecule has 0 amide bonds. The first kappa shape index (κ1) is 22.6. The molecule has 176 valence electrons. The van der Waals surface area contributed by atoms with E-state index in [1.807, 2.05) is 90.4 Å². The van der Waals surface area contributed by atoms with E-state index in [1.54, 1.807) is 18.9 Å². The number of ether oxygens (including phenoxy) is 2. The number of aromatic nitrogens is 7. The molecule has 2 aromatic heterocycles. The van der Waals surface area contributed by atoms with Crippen LogP contribution >= 0.6 is 11.8 Å². The summed E-state index contributed by atoms with van der Waals surface area (Å²) in [5.74, 6) is 2.87. The monoisotopic (exact) mass is 485 g/mol. The molecule has 35 heavy (non-hydrogen) atoms. The van der Waals surface area contributed by atoms with Gasteiger partial charge in [0.25, 0.3) is 0 Å². The summed E-state index contributed by atoms with van der Waals surface area (Å²) < 4.78 is 14.7. The number of tetrazole rings is 1. The summed E-state index contributed by atoms with van der Waals surface area (Å²) in [5.41, 5.74) is 2.63. The summed E-state index contributed by atoms with van der Waals surface area (Å²) in [6.07, 6.45) is 0. The number of methoxy groups -OCH3 is 2. The molecule has 0 aliphatic rings. The maximum atomic E-state index is 5.60. The van der Waals surface area contributed by atoms with Gasteiger partial charge in [0.15, 0.2) is 16.8 Å². The lowest BCUT2D eigenvalue weighted by molar-refractivity contribution is 0.414. The SMILES string of the molecule is COc1ccc(-n2c(SC(C)c3nnnn3-c3ccccc3)nnc2-c2ccccc2OC)cc1. The molecule has 2 heterocycles. The molecule has 0 aliphatic heterocycles. The van der Waals surface area contributed by atoms with Gasteiger partial charge in [0, 0.05) is 0 Å². The third-order valence-corrected chi connectivity index (χ3v) is 6.49. The summed E-state index contributed by atoms with van der Waals surface area (Å²) >= 11 is 1.52. The van der Waals surface area contributed by atoms with Crippen molar-refractivity contribution in [2.75, 3.05) is 14.2 Å². The van der Waals surface area contributed by atoms with E-state index in [9.17, 15) is 0 Å². The van der Waals surface area contributed by atoms with Gasteiger partial charge in [-0.05, 0) is 65.9 Å². The van der Waals surface area contributed by atoms with Crippen LogP contribution in [-0.4, -0.2) is 49.2 Å². The van der Waals surface area contributed by atoms with Crippen molar-refractivity contribution in [3.63, 3.8) is 0 Å². The van der Waals surface area contributed by atoms with Gasteiger partial charge >= 0.3 is 0 Å². The van der Waals surface area contributed by atoms with Gasteiger partial charge in [-0.15, -0.1) is 15.3 Å². The first-order chi connectivity index (χ1) is 17.2. The number of rotatable bonds is 8. The van der Waals surface area contributed by atoms with Gasteiger partial charge in [-0.3, -0.25) is 4.57 Å². The van der Waals surface area contributed by atoms with Crippen molar-refractivity contribution in [2.24, 2.45) is 0 Å². The summed E-state index contributed by atoms with van der Waals surface area (Å²) in [7, 11) is 3.29. The van der Waals surface area contributed by atoms with E-state index < -0.39 is 0 Å². The zero-order valence-corrected chi connectivity index (χ0v) is 20.3. The molecule has 0 radical (unpaired) electrons. The predicted octanol–water partition coefficient (Wildman–Crippen LogP) is 4.78. The van der Waals surface area contributed by atoms with Gasteiger partial charge in [0.05, 0.1) is 36.4 Å². The first-order valence-electron chi connectivity index (χ1n) is 10.9. The molecule has 5 rings (SSSR count). The summed E-state index contributed by atoms with van der Waals surface area (Å²) in [6.45, 7) is 2.05. The maximum absolute atomic E-state index is 5.60. The van der Waals surface area contributed by atoms with E-state index in [-0.39, 0.29) is 5.25 Å². The highest BCUT2D eigenvalue weighted by atomic mass is 32.2. The van der Waals surface area contributed by atoms with Crippen LogP contribution in [0.2, 0.25) is 0 Å². The second-order valence-electron chi connectivity index (χ2n) is 7.58. The average molecular weight is 486 g/mol. The van der Waals surface area contributed by atoms with Crippen LogP contribution in [0.15, 0.2) is 84.0 Å². The number of hydrogen-bond donors (Lipinski definition) is 0. The molecule has 0 saturated heterocycles. The van der Waals surface area contributed by atoms with Gasteiger partial charge in [-0.2, -0.15) is 4.68 Å². The number of thioether (sulfide) groups is 1. The lowest BCUT2D eigenvalue weighted by Crippen LogP contribution is -2.06. The molecule has 0 aliphatic carbocycles. The summed E-state index contributed by atoms with van der Waals surface area (Å²) in [4.78, 5) is 0. The van der Waals surface area contributed by atoms with E-state index >= 15 is 0 Å². The molecule has 9 nitrogen and oxygen atoms in total. The van der Waals surface area contributed by atoms with Crippen molar-refractivity contribution < 1.29 is 9.47 Å². The van der Waals surface area contributed by atoms with E-state index in [2.05, 4.69) is 25.7 Å². The standard InChI is InChI=1S/C25H23N7O2S/c1-17(23-27-29-30-32(23)19-9-5-4-6-10-19)35-25-28-26-24(21-11-7-8-12-22(21)34-3)31(25)18-13-15-20(33-2)16-14-18/h4-17H,1-3H3. The Kier molecular flexibility index (Phi) is 6.44. The van der Waals surface area contributed by atoms with Crippen LogP contribution < -0.4 is 9.47 Å². The molecular weight excluding hydrogens is 462 g/mol. The van der Waals surface area contributed by atoms with Crippen molar-refractivity contribution >= 4 is 11.8 Å². The maximum Gasteiger partial charge on any atom is 0.196 e. The summed E-state index contributed by atoms with van der Waals surface area (Å²) in [6, 6.07) is 25.3. The van der Waals surface area contributed by atoms with Crippen molar-refractivity contribution in [3.8, 4) is 34.3 Å². The van der Waals surface area contributed by atoms with Crippen LogP contribution in [0, 0.1) is 0 Å². The molecule has 0 fully saturated rings. The van der Waals surface area contributed by atoms with Crippen molar-refractivity contribution in [1.29, 1.82) is 0 Å². The third-order valence-electron chi connectivity index (χ3n) is 5.45. The second kappa shape index (κ2) is 9.98. The van der Waals surface area contributed by atoms with Crippen LogP contribution in [0.5, 0.6) is 11.5 Å². The fourth-order valence-electron chi connectivity index (χ4n) is 3.73. The summed E-state index contributed by atoms with van der Waals surface area (Å²) in [5, 5.41) is 22.1. The topological polar surface area (TPSA) is 92.8 Å². The lowest BCUT2D eigenvalue weighted by Gasteiger charge is -2.15. The zero-order chi connectivity index (χ0) is 24.2. The highest BCUT2D eigenvalue weighted by Crippen LogP contribution is 2.38. The average Bonchev–Trinajstić information content (AvgIpc) is 3.57. The fraction of sp³-hybridized carbons (Fsp3) is 0.160. The zero-order valence-electron chi connectivity index (χ0n) is 19.4. The Morgan fingerprint density at radius 3 is 2.26 bits per heavy atom. The minimum atomic E-state index is -0.114. The predicted molar refractivity (Wildman–Crippen MR) is 133 cm³/mol. The van der Waals surface area contributed by atoms with Gasteiger partial charge in [-0.25, -0.2) is 0 Å².